The van der Waals surface area contributed by atoms with Crippen molar-refractivity contribution in [2.75, 3.05) is 13.1 Å². The summed E-state index contributed by atoms with van der Waals surface area (Å²) in [7, 11) is 0. The minimum atomic E-state index is 0.656. The van der Waals surface area contributed by atoms with Gasteiger partial charge in [-0.2, -0.15) is 0 Å². The fourth-order valence-electron chi connectivity index (χ4n) is 6.51. The summed E-state index contributed by atoms with van der Waals surface area (Å²) in [5.74, 6) is 0.656. The normalized spacial score (nSPS) is 11.9. The zero-order valence-corrected chi connectivity index (χ0v) is 30.9. The van der Waals surface area contributed by atoms with E-state index in [1.807, 2.05) is 0 Å². The van der Waals surface area contributed by atoms with Crippen molar-refractivity contribution in [2.45, 2.75) is 245 Å². The van der Waals surface area contributed by atoms with E-state index in [2.05, 4.69) is 24.2 Å². The molecular weight excluding hydrogens is 534 g/mol. The van der Waals surface area contributed by atoms with Crippen molar-refractivity contribution in [3.63, 3.8) is 0 Å². The Morgan fingerprint density at radius 3 is 0.841 bits per heavy atom. The lowest BCUT2D eigenvalue weighted by molar-refractivity contribution is 0.524. The average Bonchev–Trinajstić information content (AvgIpc) is 3.03. The summed E-state index contributed by atoms with van der Waals surface area (Å²) in [5, 5.41) is 3.32. The number of nitrogens with one attached hydrogen (secondary N) is 1. The van der Waals surface area contributed by atoms with Crippen LogP contribution >= 0.6 is 0 Å². The van der Waals surface area contributed by atoms with Gasteiger partial charge in [0.25, 0.3) is 0 Å². The van der Waals surface area contributed by atoms with Crippen LogP contribution < -0.4 is 11.1 Å². The number of aliphatic imine (C=N–C) groups is 1. The summed E-state index contributed by atoms with van der Waals surface area (Å²) >= 11 is 0. The average molecular weight is 620 g/mol. The number of hydrogen-bond acceptors (Lipinski definition) is 1. The highest BCUT2D eigenvalue weighted by Crippen LogP contribution is 2.16. The zero-order valence-electron chi connectivity index (χ0n) is 30.9. The lowest BCUT2D eigenvalue weighted by Gasteiger charge is -2.06. The van der Waals surface area contributed by atoms with Gasteiger partial charge in [0.1, 0.15) is 0 Å². The van der Waals surface area contributed by atoms with Crippen molar-refractivity contribution in [1.29, 1.82) is 0 Å². The Balaban J connectivity index is 3.20. The molecule has 0 aromatic heterocycles. The molecule has 0 aromatic rings. The van der Waals surface area contributed by atoms with Crippen LogP contribution in [0, 0.1) is 0 Å². The van der Waals surface area contributed by atoms with Gasteiger partial charge in [0.05, 0.1) is 0 Å². The van der Waals surface area contributed by atoms with Gasteiger partial charge in [0.2, 0.25) is 0 Å². The lowest BCUT2D eigenvalue weighted by atomic mass is 10.0. The highest BCUT2D eigenvalue weighted by Gasteiger charge is 1.98. The smallest absolute Gasteiger partial charge is 0.188 e. The molecule has 0 aliphatic rings. The molecule has 0 aliphatic heterocycles. The third kappa shape index (κ3) is 39.3. The zero-order chi connectivity index (χ0) is 31.9. The molecule has 0 saturated carbocycles. The van der Waals surface area contributed by atoms with Gasteiger partial charge in [0, 0.05) is 13.1 Å². The van der Waals surface area contributed by atoms with Gasteiger partial charge in [-0.1, -0.05) is 232 Å². The lowest BCUT2D eigenvalue weighted by Crippen LogP contribution is -2.32. The molecular formula is C41H85N3. The Morgan fingerprint density at radius 2 is 0.568 bits per heavy atom. The van der Waals surface area contributed by atoms with Crippen LogP contribution in [-0.4, -0.2) is 19.0 Å². The predicted octanol–water partition coefficient (Wildman–Crippen LogP) is 14.0. The SMILES string of the molecule is CCCCCCCCCCCCCCCCCCCCN=C(N)NCCCCCCCCCCCCCCCCCCCC. The molecule has 0 fully saturated rings. The molecule has 0 amide bonds. The Bertz CT molecular complexity index is 532. The number of guanidine groups is 1. The third-order valence-corrected chi connectivity index (χ3v) is 9.63. The molecule has 0 atom stereocenters. The van der Waals surface area contributed by atoms with Crippen LogP contribution in [0.2, 0.25) is 0 Å². The molecule has 0 rings (SSSR count). The van der Waals surface area contributed by atoms with Gasteiger partial charge in [-0.25, -0.2) is 0 Å². The number of hydrogen-bond donors (Lipinski definition) is 2. The first-order chi connectivity index (χ1) is 21.8. The summed E-state index contributed by atoms with van der Waals surface area (Å²) in [4.78, 5) is 4.54. The van der Waals surface area contributed by atoms with E-state index in [4.69, 9.17) is 5.73 Å². The van der Waals surface area contributed by atoms with Gasteiger partial charge < -0.3 is 11.1 Å². The molecule has 0 aromatic carbocycles. The van der Waals surface area contributed by atoms with Crippen LogP contribution in [0.25, 0.3) is 0 Å². The van der Waals surface area contributed by atoms with Crippen molar-refractivity contribution >= 4 is 5.96 Å². The second-order valence-corrected chi connectivity index (χ2v) is 14.2. The van der Waals surface area contributed by atoms with E-state index in [1.165, 1.54) is 231 Å². The Labute approximate surface area is 279 Å². The second kappa shape index (κ2) is 40.3. The van der Waals surface area contributed by atoms with Crippen LogP contribution in [0.4, 0.5) is 0 Å². The van der Waals surface area contributed by atoms with Crippen LogP contribution in [0.3, 0.4) is 0 Å². The quantitative estimate of drug-likeness (QED) is 0.0410. The summed E-state index contributed by atoms with van der Waals surface area (Å²) in [6.07, 6.45) is 51.1. The molecule has 0 saturated heterocycles. The standard InChI is InChI=1S/C41H85N3/c1-3-5-7-9-11-13-15-17-19-21-23-25-27-29-31-33-35-37-39-43-41(42)44-40-38-36-34-32-30-28-26-24-22-20-18-16-14-12-10-8-6-4-2/h3-40H2,1-2H3,(H3,42,43,44). The van der Waals surface area contributed by atoms with E-state index in [1.54, 1.807) is 0 Å². The molecule has 0 bridgehead atoms. The van der Waals surface area contributed by atoms with Crippen LogP contribution in [0.1, 0.15) is 245 Å². The van der Waals surface area contributed by atoms with Crippen molar-refractivity contribution in [2.24, 2.45) is 10.7 Å². The van der Waals surface area contributed by atoms with Gasteiger partial charge in [0.15, 0.2) is 5.96 Å². The van der Waals surface area contributed by atoms with Gasteiger partial charge >= 0.3 is 0 Å². The van der Waals surface area contributed by atoms with Gasteiger partial charge in [-0.05, 0) is 12.8 Å². The molecule has 0 heterocycles. The monoisotopic (exact) mass is 620 g/mol. The van der Waals surface area contributed by atoms with Gasteiger partial charge in [-0.3, -0.25) is 4.99 Å². The van der Waals surface area contributed by atoms with Crippen LogP contribution in [0.15, 0.2) is 4.99 Å². The molecule has 3 N–H and O–H groups in total. The van der Waals surface area contributed by atoms with Crippen molar-refractivity contribution in [3.8, 4) is 0 Å². The maximum Gasteiger partial charge on any atom is 0.188 e. The topological polar surface area (TPSA) is 50.4 Å². The van der Waals surface area contributed by atoms with Crippen LogP contribution in [0.5, 0.6) is 0 Å². The fraction of sp³-hybridized carbons (Fsp3) is 0.976. The van der Waals surface area contributed by atoms with E-state index in [0.717, 1.165) is 13.1 Å². The Hall–Kier alpha value is -0.730. The number of nitrogens with zero attached hydrogens (tertiary/aromatic N) is 1. The summed E-state index contributed by atoms with van der Waals surface area (Å²) in [6, 6.07) is 0. The van der Waals surface area contributed by atoms with E-state index in [0.29, 0.717) is 5.96 Å². The highest BCUT2D eigenvalue weighted by atomic mass is 15.1. The minimum absolute atomic E-state index is 0.656. The van der Waals surface area contributed by atoms with Crippen molar-refractivity contribution in [3.05, 3.63) is 0 Å². The maximum absolute atomic E-state index is 6.07. The summed E-state index contributed by atoms with van der Waals surface area (Å²) < 4.78 is 0. The molecule has 3 heteroatoms. The number of nitrogens with two attached hydrogens (primary N) is 1. The number of unbranched alkanes of at least 4 members (excludes halogenated alkanes) is 34. The largest absolute Gasteiger partial charge is 0.370 e. The third-order valence-electron chi connectivity index (χ3n) is 9.63. The maximum atomic E-state index is 6.07. The predicted molar refractivity (Wildman–Crippen MR) is 202 cm³/mol. The van der Waals surface area contributed by atoms with Gasteiger partial charge in [-0.15, -0.1) is 0 Å². The summed E-state index contributed by atoms with van der Waals surface area (Å²) in [5.41, 5.74) is 6.07. The Kier molecular flexibility index (Phi) is 39.6. The van der Waals surface area contributed by atoms with Crippen molar-refractivity contribution < 1.29 is 0 Å². The molecule has 0 unspecified atom stereocenters. The molecule has 0 radical (unpaired) electrons. The Morgan fingerprint density at radius 1 is 0.341 bits per heavy atom. The molecule has 44 heavy (non-hydrogen) atoms. The van der Waals surface area contributed by atoms with E-state index in [9.17, 15) is 0 Å². The number of rotatable bonds is 38. The molecule has 0 aliphatic carbocycles. The summed E-state index contributed by atoms with van der Waals surface area (Å²) in [6.45, 7) is 6.47. The highest BCUT2D eigenvalue weighted by molar-refractivity contribution is 5.77. The van der Waals surface area contributed by atoms with Crippen molar-refractivity contribution in [1.82, 2.24) is 5.32 Å². The van der Waals surface area contributed by atoms with Crippen LogP contribution in [-0.2, 0) is 0 Å². The first kappa shape index (κ1) is 43.3. The van der Waals surface area contributed by atoms with E-state index in [-0.39, 0.29) is 0 Å². The fourth-order valence-corrected chi connectivity index (χ4v) is 6.51. The first-order valence-electron chi connectivity index (χ1n) is 20.8. The van der Waals surface area contributed by atoms with E-state index >= 15 is 0 Å². The molecule has 264 valence electrons. The first-order valence-corrected chi connectivity index (χ1v) is 20.8. The minimum Gasteiger partial charge on any atom is -0.370 e. The second-order valence-electron chi connectivity index (χ2n) is 14.2. The molecule has 3 nitrogen and oxygen atoms in total. The molecule has 0 spiro atoms. The van der Waals surface area contributed by atoms with E-state index < -0.39 is 0 Å².